The number of rotatable bonds is 7. The van der Waals surface area contributed by atoms with Crippen molar-refractivity contribution in [2.45, 2.75) is 12.8 Å². The van der Waals surface area contributed by atoms with E-state index in [1.807, 2.05) is 24.3 Å². The second-order valence-corrected chi connectivity index (χ2v) is 5.68. The minimum atomic E-state index is -0.503. The zero-order valence-electron chi connectivity index (χ0n) is 14.7. The topological polar surface area (TPSA) is 73.3 Å². The summed E-state index contributed by atoms with van der Waals surface area (Å²) in [5.74, 6) is 0.154. The van der Waals surface area contributed by atoms with Crippen molar-refractivity contribution in [2.24, 2.45) is 0 Å². The Morgan fingerprint density at radius 2 is 1.78 bits per heavy atom. The van der Waals surface area contributed by atoms with Gasteiger partial charge in [0.05, 0.1) is 25.2 Å². The lowest BCUT2D eigenvalue weighted by molar-refractivity contribution is -0.116. The number of halogens is 1. The van der Waals surface area contributed by atoms with Gasteiger partial charge < -0.3 is 14.8 Å². The molecule has 6 nitrogen and oxygen atoms in total. The number of carbonyl (C=O) groups excluding carboxylic acids is 1. The SMILES string of the molecule is COc1ccc(CCC(=O)Nc2cnc(Oc3ccccc3F)nc2)cc1. The number of ether oxygens (including phenoxy) is 2. The molecule has 1 heterocycles. The molecule has 0 unspecified atom stereocenters. The minimum Gasteiger partial charge on any atom is -0.497 e. The van der Waals surface area contributed by atoms with E-state index in [2.05, 4.69) is 15.3 Å². The van der Waals surface area contributed by atoms with Gasteiger partial charge in [0.25, 0.3) is 0 Å². The predicted octanol–water partition coefficient (Wildman–Crippen LogP) is 3.99. The molecule has 138 valence electrons. The third-order valence-electron chi connectivity index (χ3n) is 3.75. The number of aryl methyl sites for hydroxylation is 1. The highest BCUT2D eigenvalue weighted by Gasteiger charge is 2.08. The number of carbonyl (C=O) groups is 1. The molecule has 0 saturated carbocycles. The van der Waals surface area contributed by atoms with Gasteiger partial charge in [0.1, 0.15) is 5.75 Å². The van der Waals surface area contributed by atoms with Crippen molar-refractivity contribution in [2.75, 3.05) is 12.4 Å². The summed E-state index contributed by atoms with van der Waals surface area (Å²) >= 11 is 0. The van der Waals surface area contributed by atoms with Crippen LogP contribution < -0.4 is 14.8 Å². The van der Waals surface area contributed by atoms with E-state index in [1.165, 1.54) is 24.5 Å². The number of para-hydroxylation sites is 1. The number of nitrogens with one attached hydrogen (secondary N) is 1. The van der Waals surface area contributed by atoms with E-state index in [0.29, 0.717) is 18.5 Å². The Balaban J connectivity index is 1.51. The largest absolute Gasteiger partial charge is 0.497 e. The maximum atomic E-state index is 13.5. The first-order chi connectivity index (χ1) is 13.1. The van der Waals surface area contributed by atoms with Gasteiger partial charge in [-0.15, -0.1) is 0 Å². The van der Waals surface area contributed by atoms with Gasteiger partial charge in [0.2, 0.25) is 5.91 Å². The van der Waals surface area contributed by atoms with Crippen molar-refractivity contribution < 1.29 is 18.7 Å². The number of methoxy groups -OCH3 is 1. The van der Waals surface area contributed by atoms with E-state index in [1.54, 1.807) is 19.2 Å². The standard InChI is InChI=1S/C20H18FN3O3/c1-26-16-9-6-14(7-10-16)8-11-19(25)24-15-12-22-20(23-13-15)27-18-5-3-2-4-17(18)21/h2-7,9-10,12-13H,8,11H2,1H3,(H,24,25). The zero-order valence-corrected chi connectivity index (χ0v) is 14.7. The summed E-state index contributed by atoms with van der Waals surface area (Å²) < 4.78 is 23.9. The van der Waals surface area contributed by atoms with Crippen molar-refractivity contribution in [1.82, 2.24) is 9.97 Å². The first-order valence-corrected chi connectivity index (χ1v) is 8.31. The average Bonchev–Trinajstić information content (AvgIpc) is 2.70. The fraction of sp³-hybridized carbons (Fsp3) is 0.150. The molecule has 0 saturated heterocycles. The van der Waals surface area contributed by atoms with Gasteiger partial charge in [-0.2, -0.15) is 0 Å². The molecule has 0 bridgehead atoms. The molecule has 7 heteroatoms. The number of hydrogen-bond donors (Lipinski definition) is 1. The summed E-state index contributed by atoms with van der Waals surface area (Å²) in [4.78, 5) is 20.0. The molecule has 0 aliphatic carbocycles. The summed E-state index contributed by atoms with van der Waals surface area (Å²) in [7, 11) is 1.61. The highest BCUT2D eigenvalue weighted by molar-refractivity contribution is 5.90. The maximum Gasteiger partial charge on any atom is 0.322 e. The van der Waals surface area contributed by atoms with Crippen LogP contribution in [-0.4, -0.2) is 23.0 Å². The van der Waals surface area contributed by atoms with Gasteiger partial charge in [0.15, 0.2) is 11.6 Å². The van der Waals surface area contributed by atoms with Gasteiger partial charge in [-0.05, 0) is 36.2 Å². The summed E-state index contributed by atoms with van der Waals surface area (Å²) in [6.45, 7) is 0. The minimum absolute atomic E-state index is 0.00340. The van der Waals surface area contributed by atoms with Crippen LogP contribution in [0.25, 0.3) is 0 Å². The summed E-state index contributed by atoms with van der Waals surface area (Å²) in [6.07, 6.45) is 3.74. The van der Waals surface area contributed by atoms with Crippen molar-refractivity contribution >= 4 is 11.6 Å². The van der Waals surface area contributed by atoms with E-state index in [-0.39, 0.29) is 17.7 Å². The monoisotopic (exact) mass is 367 g/mol. The van der Waals surface area contributed by atoms with Crippen LogP contribution in [-0.2, 0) is 11.2 Å². The molecule has 0 spiro atoms. The zero-order chi connectivity index (χ0) is 19.1. The first-order valence-electron chi connectivity index (χ1n) is 8.31. The van der Waals surface area contributed by atoms with Crippen molar-refractivity contribution in [1.29, 1.82) is 0 Å². The normalized spacial score (nSPS) is 10.3. The first kappa shape index (κ1) is 18.3. The van der Waals surface area contributed by atoms with E-state index >= 15 is 0 Å². The Morgan fingerprint density at radius 3 is 2.44 bits per heavy atom. The Kier molecular flexibility index (Phi) is 5.94. The average molecular weight is 367 g/mol. The van der Waals surface area contributed by atoms with E-state index < -0.39 is 5.82 Å². The van der Waals surface area contributed by atoms with Crippen LogP contribution in [0.2, 0.25) is 0 Å². The molecule has 27 heavy (non-hydrogen) atoms. The molecule has 0 radical (unpaired) electrons. The molecule has 2 aromatic carbocycles. The lowest BCUT2D eigenvalue weighted by Crippen LogP contribution is -2.12. The second-order valence-electron chi connectivity index (χ2n) is 5.68. The van der Waals surface area contributed by atoms with Crippen molar-refractivity contribution in [3.8, 4) is 17.5 Å². The molecule has 0 aliphatic heterocycles. The summed E-state index contributed by atoms with van der Waals surface area (Å²) in [6, 6.07) is 13.5. The van der Waals surface area contributed by atoms with Crippen LogP contribution in [0.1, 0.15) is 12.0 Å². The second kappa shape index (κ2) is 8.75. The molecule has 1 N–H and O–H groups in total. The lowest BCUT2D eigenvalue weighted by atomic mass is 10.1. The number of aromatic nitrogens is 2. The molecule has 0 fully saturated rings. The smallest absolute Gasteiger partial charge is 0.322 e. The van der Waals surface area contributed by atoms with Crippen molar-refractivity contribution in [3.05, 3.63) is 72.3 Å². The number of nitrogens with zero attached hydrogens (tertiary/aromatic N) is 2. The number of hydrogen-bond acceptors (Lipinski definition) is 5. The van der Waals surface area contributed by atoms with Gasteiger partial charge >= 0.3 is 6.01 Å². The van der Waals surface area contributed by atoms with Crippen LogP contribution in [0.5, 0.6) is 17.5 Å². The lowest BCUT2D eigenvalue weighted by Gasteiger charge is -2.07. The highest BCUT2D eigenvalue weighted by Crippen LogP contribution is 2.21. The predicted molar refractivity (Wildman–Crippen MR) is 98.5 cm³/mol. The highest BCUT2D eigenvalue weighted by atomic mass is 19.1. The number of benzene rings is 2. The third-order valence-corrected chi connectivity index (χ3v) is 3.75. The van der Waals surface area contributed by atoms with Gasteiger partial charge in [-0.25, -0.2) is 14.4 Å². The Hall–Kier alpha value is -3.48. The molecule has 0 atom stereocenters. The molecule has 1 aromatic heterocycles. The fourth-order valence-corrected chi connectivity index (χ4v) is 2.33. The Morgan fingerprint density at radius 1 is 1.07 bits per heavy atom. The Bertz CT molecular complexity index is 899. The number of amides is 1. The van der Waals surface area contributed by atoms with Gasteiger partial charge in [-0.1, -0.05) is 24.3 Å². The fourth-order valence-electron chi connectivity index (χ4n) is 2.33. The third kappa shape index (κ3) is 5.24. The van der Waals surface area contributed by atoms with Gasteiger partial charge in [-0.3, -0.25) is 4.79 Å². The quantitative estimate of drug-likeness (QED) is 0.684. The van der Waals surface area contributed by atoms with E-state index in [0.717, 1.165) is 11.3 Å². The van der Waals surface area contributed by atoms with Crippen LogP contribution in [0.3, 0.4) is 0 Å². The van der Waals surface area contributed by atoms with Crippen LogP contribution in [0.4, 0.5) is 10.1 Å². The van der Waals surface area contributed by atoms with E-state index in [9.17, 15) is 9.18 Å². The van der Waals surface area contributed by atoms with Crippen LogP contribution in [0, 0.1) is 5.82 Å². The summed E-state index contributed by atoms with van der Waals surface area (Å²) in [5.41, 5.74) is 1.48. The molecule has 3 rings (SSSR count). The van der Waals surface area contributed by atoms with Crippen LogP contribution in [0.15, 0.2) is 60.9 Å². The molecular weight excluding hydrogens is 349 g/mol. The maximum absolute atomic E-state index is 13.5. The molecule has 0 aliphatic rings. The molecular formula is C20H18FN3O3. The molecule has 3 aromatic rings. The van der Waals surface area contributed by atoms with Crippen LogP contribution >= 0.6 is 0 Å². The van der Waals surface area contributed by atoms with Gasteiger partial charge in [0, 0.05) is 6.42 Å². The summed E-state index contributed by atoms with van der Waals surface area (Å²) in [5, 5.41) is 2.72. The van der Waals surface area contributed by atoms with E-state index in [4.69, 9.17) is 9.47 Å². The Labute approximate surface area is 156 Å². The number of anilines is 1. The molecule has 1 amide bonds. The van der Waals surface area contributed by atoms with Crippen molar-refractivity contribution in [3.63, 3.8) is 0 Å².